The minimum absolute atomic E-state index is 0.0564. The van der Waals surface area contributed by atoms with Crippen molar-refractivity contribution in [2.45, 2.75) is 26.9 Å². The maximum atomic E-state index is 12.9. The van der Waals surface area contributed by atoms with E-state index in [1.165, 1.54) is 11.1 Å². The standard InChI is InChI=1S/C26H23ClN4O/c1-18-9-11-21(15-19(18)2)31-26(29-13-5-6-14-29)22-16-30(17-24(22)28-31)25(32)12-10-20-7-3-4-8-23(20)27/h3-15H,16-17H2,1-2H3. The second kappa shape index (κ2) is 8.17. The van der Waals surface area contributed by atoms with Crippen molar-refractivity contribution in [1.82, 2.24) is 19.2 Å². The number of aryl methyl sites for hydroxylation is 2. The van der Waals surface area contributed by atoms with Gasteiger partial charge in [0.25, 0.3) is 0 Å². The number of rotatable bonds is 4. The van der Waals surface area contributed by atoms with Crippen molar-refractivity contribution in [3.05, 3.63) is 106 Å². The van der Waals surface area contributed by atoms with E-state index in [1.54, 1.807) is 12.2 Å². The maximum absolute atomic E-state index is 12.9. The molecule has 0 unspecified atom stereocenters. The molecule has 0 N–H and O–H groups in total. The zero-order valence-corrected chi connectivity index (χ0v) is 18.8. The number of benzene rings is 2. The van der Waals surface area contributed by atoms with Crippen LogP contribution in [0.2, 0.25) is 5.02 Å². The summed E-state index contributed by atoms with van der Waals surface area (Å²) in [5.41, 5.74) is 6.30. The first-order chi connectivity index (χ1) is 15.5. The highest BCUT2D eigenvalue weighted by molar-refractivity contribution is 6.32. The van der Waals surface area contributed by atoms with E-state index in [1.807, 2.05) is 58.4 Å². The van der Waals surface area contributed by atoms with Gasteiger partial charge in [-0.2, -0.15) is 5.10 Å². The molecule has 0 aliphatic carbocycles. The molecule has 5 rings (SSSR count). The topological polar surface area (TPSA) is 43.1 Å². The molecule has 0 saturated heterocycles. The van der Waals surface area contributed by atoms with Crippen LogP contribution < -0.4 is 0 Å². The molecule has 0 spiro atoms. The van der Waals surface area contributed by atoms with Crippen LogP contribution in [0.3, 0.4) is 0 Å². The molecular formula is C26H23ClN4O. The Kier molecular flexibility index (Phi) is 5.19. The first-order valence-corrected chi connectivity index (χ1v) is 10.9. The fourth-order valence-corrected chi connectivity index (χ4v) is 4.21. The van der Waals surface area contributed by atoms with Crippen LogP contribution in [0.4, 0.5) is 0 Å². The van der Waals surface area contributed by atoms with Crippen molar-refractivity contribution in [3.8, 4) is 11.5 Å². The van der Waals surface area contributed by atoms with Gasteiger partial charge in [0.1, 0.15) is 5.82 Å². The van der Waals surface area contributed by atoms with Crippen molar-refractivity contribution in [2.75, 3.05) is 0 Å². The second-order valence-corrected chi connectivity index (χ2v) is 8.48. The third kappa shape index (κ3) is 3.65. The van der Waals surface area contributed by atoms with E-state index in [2.05, 4.69) is 36.6 Å². The van der Waals surface area contributed by atoms with Gasteiger partial charge in [-0.1, -0.05) is 35.9 Å². The molecular weight excluding hydrogens is 420 g/mol. The lowest BCUT2D eigenvalue weighted by Gasteiger charge is -2.16. The van der Waals surface area contributed by atoms with Crippen molar-refractivity contribution >= 4 is 23.6 Å². The molecule has 32 heavy (non-hydrogen) atoms. The lowest BCUT2D eigenvalue weighted by Crippen LogP contribution is -2.24. The van der Waals surface area contributed by atoms with Gasteiger partial charge in [-0.3, -0.25) is 4.79 Å². The summed E-state index contributed by atoms with van der Waals surface area (Å²) in [7, 11) is 0. The number of halogens is 1. The van der Waals surface area contributed by atoms with Gasteiger partial charge < -0.3 is 9.47 Å². The molecule has 0 bridgehead atoms. The predicted octanol–water partition coefficient (Wildman–Crippen LogP) is 5.49. The molecule has 1 amide bonds. The summed E-state index contributed by atoms with van der Waals surface area (Å²) in [6.07, 6.45) is 7.37. The maximum Gasteiger partial charge on any atom is 0.247 e. The smallest absolute Gasteiger partial charge is 0.247 e. The minimum Gasteiger partial charge on any atom is -0.329 e. The highest BCUT2D eigenvalue weighted by Gasteiger charge is 2.30. The van der Waals surface area contributed by atoms with Gasteiger partial charge in [0.15, 0.2) is 0 Å². The van der Waals surface area contributed by atoms with E-state index in [0.29, 0.717) is 18.1 Å². The molecule has 1 aliphatic heterocycles. The third-order valence-corrected chi connectivity index (χ3v) is 6.28. The number of hydrogen-bond acceptors (Lipinski definition) is 2. The summed E-state index contributed by atoms with van der Waals surface area (Å²) in [4.78, 5) is 14.7. The number of fused-ring (bicyclic) bond motifs is 1. The van der Waals surface area contributed by atoms with E-state index in [0.717, 1.165) is 28.3 Å². The Morgan fingerprint density at radius 2 is 1.78 bits per heavy atom. The summed E-state index contributed by atoms with van der Waals surface area (Å²) >= 11 is 6.21. The molecule has 6 heteroatoms. The lowest BCUT2D eigenvalue weighted by atomic mass is 10.1. The van der Waals surface area contributed by atoms with Crippen LogP contribution in [-0.2, 0) is 17.9 Å². The molecule has 4 aromatic rings. The lowest BCUT2D eigenvalue weighted by molar-refractivity contribution is -0.126. The van der Waals surface area contributed by atoms with E-state index in [4.69, 9.17) is 16.7 Å². The predicted molar refractivity (Wildman–Crippen MR) is 127 cm³/mol. The number of amides is 1. The van der Waals surface area contributed by atoms with Gasteiger partial charge in [-0.05, 0) is 66.9 Å². The molecule has 2 aromatic heterocycles. The fraction of sp³-hybridized carbons (Fsp3) is 0.154. The third-order valence-electron chi connectivity index (χ3n) is 5.94. The molecule has 3 heterocycles. The van der Waals surface area contributed by atoms with Crippen LogP contribution in [0.5, 0.6) is 0 Å². The summed E-state index contributed by atoms with van der Waals surface area (Å²) in [6, 6.07) is 17.8. The summed E-state index contributed by atoms with van der Waals surface area (Å²) in [6.45, 7) is 5.21. The quantitative estimate of drug-likeness (QED) is 0.392. The molecule has 0 radical (unpaired) electrons. The van der Waals surface area contributed by atoms with Gasteiger partial charge in [-0.25, -0.2) is 4.68 Å². The number of hydrogen-bond donors (Lipinski definition) is 0. The van der Waals surface area contributed by atoms with E-state index in [-0.39, 0.29) is 5.91 Å². The van der Waals surface area contributed by atoms with Gasteiger partial charge in [0.2, 0.25) is 5.91 Å². The highest BCUT2D eigenvalue weighted by atomic mass is 35.5. The Morgan fingerprint density at radius 3 is 2.53 bits per heavy atom. The minimum atomic E-state index is -0.0564. The van der Waals surface area contributed by atoms with E-state index < -0.39 is 0 Å². The number of carbonyl (C=O) groups excluding carboxylic acids is 1. The fourth-order valence-electron chi connectivity index (χ4n) is 4.01. The first-order valence-electron chi connectivity index (χ1n) is 10.5. The van der Waals surface area contributed by atoms with Crippen LogP contribution in [0, 0.1) is 13.8 Å². The van der Waals surface area contributed by atoms with Gasteiger partial charge in [0.05, 0.1) is 24.5 Å². The normalized spacial score (nSPS) is 13.2. The Hall–Kier alpha value is -3.57. The highest BCUT2D eigenvalue weighted by Crippen LogP contribution is 2.31. The first kappa shape index (κ1) is 20.3. The Labute approximate surface area is 192 Å². The van der Waals surface area contributed by atoms with Crippen LogP contribution in [-0.4, -0.2) is 25.2 Å². The van der Waals surface area contributed by atoms with E-state index >= 15 is 0 Å². The Balaban J connectivity index is 1.47. The average Bonchev–Trinajstić information content (AvgIpc) is 3.51. The second-order valence-electron chi connectivity index (χ2n) is 8.07. The van der Waals surface area contributed by atoms with E-state index in [9.17, 15) is 4.79 Å². The number of carbonyl (C=O) groups is 1. The zero-order valence-electron chi connectivity index (χ0n) is 18.0. The van der Waals surface area contributed by atoms with Crippen molar-refractivity contribution in [2.24, 2.45) is 0 Å². The van der Waals surface area contributed by atoms with Crippen molar-refractivity contribution in [3.63, 3.8) is 0 Å². The summed E-state index contributed by atoms with van der Waals surface area (Å²) in [5.74, 6) is 0.915. The average molecular weight is 443 g/mol. The molecule has 1 aliphatic rings. The van der Waals surface area contributed by atoms with Crippen molar-refractivity contribution < 1.29 is 4.79 Å². The molecule has 5 nitrogen and oxygen atoms in total. The van der Waals surface area contributed by atoms with Gasteiger partial charge in [-0.15, -0.1) is 0 Å². The molecule has 0 atom stereocenters. The monoisotopic (exact) mass is 442 g/mol. The molecule has 2 aromatic carbocycles. The SMILES string of the molecule is Cc1ccc(-n2nc3c(c2-n2cccc2)CN(C(=O)C=Cc2ccccc2Cl)C3)cc1C. The van der Waals surface area contributed by atoms with Crippen LogP contribution >= 0.6 is 11.6 Å². The number of nitrogens with zero attached hydrogens (tertiary/aromatic N) is 4. The Morgan fingerprint density at radius 1 is 1.00 bits per heavy atom. The van der Waals surface area contributed by atoms with Crippen LogP contribution in [0.1, 0.15) is 27.9 Å². The van der Waals surface area contributed by atoms with Crippen molar-refractivity contribution in [1.29, 1.82) is 0 Å². The Bertz CT molecular complexity index is 1330. The van der Waals surface area contributed by atoms with Gasteiger partial charge >= 0.3 is 0 Å². The summed E-state index contributed by atoms with van der Waals surface area (Å²) in [5, 5.41) is 5.54. The summed E-state index contributed by atoms with van der Waals surface area (Å²) < 4.78 is 4.05. The largest absolute Gasteiger partial charge is 0.329 e. The van der Waals surface area contributed by atoms with Crippen LogP contribution in [0.15, 0.2) is 73.1 Å². The molecule has 0 fully saturated rings. The zero-order chi connectivity index (χ0) is 22.2. The molecule has 160 valence electrons. The van der Waals surface area contributed by atoms with Gasteiger partial charge in [0, 0.05) is 29.1 Å². The number of aromatic nitrogens is 3. The van der Waals surface area contributed by atoms with Crippen LogP contribution in [0.25, 0.3) is 17.6 Å². The molecule has 0 saturated carbocycles.